The van der Waals surface area contributed by atoms with Gasteiger partial charge in [-0.3, -0.25) is 0 Å². The van der Waals surface area contributed by atoms with E-state index in [9.17, 15) is 4.39 Å². The van der Waals surface area contributed by atoms with Crippen LogP contribution < -0.4 is 10.1 Å². The smallest absolute Gasteiger partial charge is 0.126 e. The quantitative estimate of drug-likeness (QED) is 0.902. The zero-order valence-corrected chi connectivity index (χ0v) is 12.9. The third-order valence-corrected chi connectivity index (χ3v) is 4.47. The van der Waals surface area contributed by atoms with Crippen molar-refractivity contribution in [3.05, 3.63) is 30.1 Å². The van der Waals surface area contributed by atoms with Crippen molar-refractivity contribution in [2.24, 2.45) is 11.3 Å². The lowest BCUT2D eigenvalue weighted by Gasteiger charge is -2.41. The van der Waals surface area contributed by atoms with Crippen LogP contribution in [0.2, 0.25) is 0 Å². The summed E-state index contributed by atoms with van der Waals surface area (Å²) >= 11 is 0. The van der Waals surface area contributed by atoms with E-state index in [2.05, 4.69) is 26.1 Å². The molecule has 0 bridgehead atoms. The summed E-state index contributed by atoms with van der Waals surface area (Å²) in [6.07, 6.45) is 3.46. The summed E-state index contributed by atoms with van der Waals surface area (Å²) in [5.74, 6) is 1.03. The average molecular weight is 279 g/mol. The van der Waals surface area contributed by atoms with Crippen LogP contribution in [0.3, 0.4) is 0 Å². The lowest BCUT2D eigenvalue weighted by Crippen LogP contribution is -2.47. The van der Waals surface area contributed by atoms with Crippen LogP contribution in [-0.4, -0.2) is 19.2 Å². The van der Waals surface area contributed by atoms with E-state index in [0.29, 0.717) is 23.1 Å². The summed E-state index contributed by atoms with van der Waals surface area (Å²) in [7, 11) is 1.98. The maximum atomic E-state index is 13.3. The van der Waals surface area contributed by atoms with E-state index < -0.39 is 0 Å². The van der Waals surface area contributed by atoms with Crippen LogP contribution in [0.15, 0.2) is 24.3 Å². The molecule has 1 saturated carbocycles. The van der Waals surface area contributed by atoms with Crippen LogP contribution in [0.25, 0.3) is 0 Å². The van der Waals surface area contributed by atoms with Crippen molar-refractivity contribution in [2.45, 2.75) is 52.2 Å². The van der Waals surface area contributed by atoms with Gasteiger partial charge >= 0.3 is 0 Å². The molecule has 2 rings (SSSR count). The van der Waals surface area contributed by atoms with Crippen molar-refractivity contribution in [3.63, 3.8) is 0 Å². The van der Waals surface area contributed by atoms with E-state index in [4.69, 9.17) is 4.74 Å². The third-order valence-electron chi connectivity index (χ3n) is 4.47. The van der Waals surface area contributed by atoms with Gasteiger partial charge in [0, 0.05) is 12.1 Å². The molecule has 0 aromatic heterocycles. The first kappa shape index (κ1) is 15.3. The highest BCUT2D eigenvalue weighted by molar-refractivity contribution is 5.23. The molecule has 0 amide bonds. The SMILES string of the molecule is CNC1CCC(C(C)(C)C)CC1Oc1cccc(F)c1. The molecule has 2 nitrogen and oxygen atoms in total. The molecule has 0 heterocycles. The van der Waals surface area contributed by atoms with Gasteiger partial charge in [0.2, 0.25) is 0 Å². The van der Waals surface area contributed by atoms with E-state index in [-0.39, 0.29) is 11.9 Å². The number of benzene rings is 1. The number of halogens is 1. The van der Waals surface area contributed by atoms with Crippen LogP contribution in [-0.2, 0) is 0 Å². The van der Waals surface area contributed by atoms with Gasteiger partial charge < -0.3 is 10.1 Å². The Kier molecular flexibility index (Phi) is 4.69. The first-order valence-corrected chi connectivity index (χ1v) is 7.49. The minimum atomic E-state index is -0.244. The van der Waals surface area contributed by atoms with Crippen LogP contribution in [0.1, 0.15) is 40.0 Å². The summed E-state index contributed by atoms with van der Waals surface area (Å²) in [4.78, 5) is 0. The standard InChI is InChI=1S/C17H26FNO/c1-17(2,3)12-8-9-15(19-4)16(10-12)20-14-7-5-6-13(18)11-14/h5-7,11-12,15-16,19H,8-10H2,1-4H3. The van der Waals surface area contributed by atoms with Crippen LogP contribution in [0.5, 0.6) is 5.75 Å². The number of likely N-dealkylation sites (N-methyl/N-ethyl adjacent to an activating group) is 1. The predicted molar refractivity (Wildman–Crippen MR) is 80.5 cm³/mol. The van der Waals surface area contributed by atoms with E-state index in [1.807, 2.05) is 13.1 Å². The van der Waals surface area contributed by atoms with Gasteiger partial charge in [-0.25, -0.2) is 4.39 Å². The van der Waals surface area contributed by atoms with Gasteiger partial charge in [0.1, 0.15) is 17.7 Å². The fraction of sp³-hybridized carbons (Fsp3) is 0.647. The molecule has 20 heavy (non-hydrogen) atoms. The molecule has 0 saturated heterocycles. The molecule has 1 aromatic carbocycles. The number of hydrogen-bond donors (Lipinski definition) is 1. The third kappa shape index (κ3) is 3.72. The molecular weight excluding hydrogens is 253 g/mol. The van der Waals surface area contributed by atoms with Crippen molar-refractivity contribution in [3.8, 4) is 5.75 Å². The Hall–Kier alpha value is -1.09. The van der Waals surface area contributed by atoms with Gasteiger partial charge in [0.15, 0.2) is 0 Å². The Labute approximate surface area is 121 Å². The topological polar surface area (TPSA) is 21.3 Å². The Morgan fingerprint density at radius 1 is 1.25 bits per heavy atom. The maximum Gasteiger partial charge on any atom is 0.126 e. The van der Waals surface area contributed by atoms with E-state index in [1.54, 1.807) is 6.07 Å². The number of hydrogen-bond acceptors (Lipinski definition) is 2. The fourth-order valence-electron chi connectivity index (χ4n) is 3.09. The predicted octanol–water partition coefficient (Wildman–Crippen LogP) is 4.01. The molecule has 112 valence electrons. The van der Waals surface area contributed by atoms with Crippen LogP contribution in [0.4, 0.5) is 4.39 Å². The molecule has 0 spiro atoms. The Bertz CT molecular complexity index is 441. The molecular formula is C17H26FNO. The van der Waals surface area contributed by atoms with Gasteiger partial charge in [-0.1, -0.05) is 26.8 Å². The van der Waals surface area contributed by atoms with Gasteiger partial charge in [-0.2, -0.15) is 0 Å². The molecule has 3 atom stereocenters. The summed E-state index contributed by atoms with van der Waals surface area (Å²) in [6, 6.07) is 6.78. The van der Waals surface area contributed by atoms with E-state index in [1.165, 1.54) is 18.6 Å². The summed E-state index contributed by atoms with van der Waals surface area (Å²) in [6.45, 7) is 6.86. The highest BCUT2D eigenvalue weighted by Crippen LogP contribution is 2.39. The van der Waals surface area contributed by atoms with E-state index >= 15 is 0 Å². The number of ether oxygens (including phenoxy) is 1. The Morgan fingerprint density at radius 2 is 2.00 bits per heavy atom. The van der Waals surface area contributed by atoms with Crippen molar-refractivity contribution >= 4 is 0 Å². The fourth-order valence-corrected chi connectivity index (χ4v) is 3.09. The van der Waals surface area contributed by atoms with Crippen LogP contribution in [0, 0.1) is 17.2 Å². The van der Waals surface area contributed by atoms with Crippen molar-refractivity contribution in [1.82, 2.24) is 5.32 Å². The van der Waals surface area contributed by atoms with Crippen molar-refractivity contribution in [1.29, 1.82) is 0 Å². The maximum absolute atomic E-state index is 13.3. The monoisotopic (exact) mass is 279 g/mol. The average Bonchev–Trinajstić information content (AvgIpc) is 2.37. The second-order valence-electron chi connectivity index (χ2n) is 6.88. The molecule has 0 radical (unpaired) electrons. The largest absolute Gasteiger partial charge is 0.489 e. The minimum Gasteiger partial charge on any atom is -0.489 e. The molecule has 3 heteroatoms. The Morgan fingerprint density at radius 3 is 2.60 bits per heavy atom. The normalized spacial score (nSPS) is 27.4. The van der Waals surface area contributed by atoms with Gasteiger partial charge in [-0.15, -0.1) is 0 Å². The summed E-state index contributed by atoms with van der Waals surface area (Å²) < 4.78 is 19.3. The Balaban J connectivity index is 2.09. The van der Waals surface area contributed by atoms with Crippen molar-refractivity contribution < 1.29 is 9.13 Å². The first-order chi connectivity index (χ1) is 9.40. The number of nitrogens with one attached hydrogen (secondary N) is 1. The highest BCUT2D eigenvalue weighted by Gasteiger charge is 2.36. The van der Waals surface area contributed by atoms with Gasteiger partial charge in [0.05, 0.1) is 0 Å². The first-order valence-electron chi connectivity index (χ1n) is 7.49. The minimum absolute atomic E-state index is 0.111. The molecule has 1 aliphatic rings. The molecule has 3 unspecified atom stereocenters. The zero-order valence-electron chi connectivity index (χ0n) is 12.9. The molecule has 1 N–H and O–H groups in total. The lowest BCUT2D eigenvalue weighted by atomic mass is 9.70. The van der Waals surface area contributed by atoms with E-state index in [0.717, 1.165) is 12.8 Å². The van der Waals surface area contributed by atoms with Crippen molar-refractivity contribution in [2.75, 3.05) is 7.05 Å². The molecule has 1 fully saturated rings. The van der Waals surface area contributed by atoms with Gasteiger partial charge in [0.25, 0.3) is 0 Å². The highest BCUT2D eigenvalue weighted by atomic mass is 19.1. The second-order valence-corrected chi connectivity index (χ2v) is 6.88. The lowest BCUT2D eigenvalue weighted by molar-refractivity contribution is 0.0494. The summed E-state index contributed by atoms with van der Waals surface area (Å²) in [5.41, 5.74) is 0.294. The summed E-state index contributed by atoms with van der Waals surface area (Å²) in [5, 5.41) is 3.34. The van der Waals surface area contributed by atoms with Crippen LogP contribution >= 0.6 is 0 Å². The molecule has 1 aliphatic carbocycles. The molecule has 1 aromatic rings. The van der Waals surface area contributed by atoms with Gasteiger partial charge in [-0.05, 0) is 49.8 Å². The second kappa shape index (κ2) is 6.13. The zero-order chi connectivity index (χ0) is 14.8. The molecule has 0 aliphatic heterocycles. The number of rotatable bonds is 3.